The van der Waals surface area contributed by atoms with Crippen LogP contribution in [0.5, 0.6) is 0 Å². The summed E-state index contributed by atoms with van der Waals surface area (Å²) >= 11 is 0. The first kappa shape index (κ1) is 23.7. The third-order valence-corrected chi connectivity index (χ3v) is 5.77. The van der Waals surface area contributed by atoms with E-state index in [4.69, 9.17) is 0 Å². The van der Waals surface area contributed by atoms with E-state index < -0.39 is 17.8 Å². The molecule has 0 saturated carbocycles. The summed E-state index contributed by atoms with van der Waals surface area (Å²) in [5, 5.41) is 2.87. The molecular weight excluding hydrogens is 448 g/mol. The molecule has 34 heavy (non-hydrogen) atoms. The fourth-order valence-corrected chi connectivity index (χ4v) is 4.07. The van der Waals surface area contributed by atoms with Crippen LogP contribution < -0.4 is 10.2 Å². The van der Waals surface area contributed by atoms with Crippen LogP contribution in [0.3, 0.4) is 0 Å². The van der Waals surface area contributed by atoms with Crippen LogP contribution in [0.25, 0.3) is 0 Å². The standard InChI is InChI=1S/C25H24F4N4O/c26-20-8-10-21(11-9-20)31-24(34)23(18-5-2-1-3-6-18)33-14-4-13-32(15-16-33)22-12-7-19(17-30-22)25(27,28)29/h1-3,5-12,17,23H,4,13-16H2,(H,31,34). The number of rotatable bonds is 5. The maximum Gasteiger partial charge on any atom is 0.417 e. The Morgan fingerprint density at radius 1 is 0.912 bits per heavy atom. The Bertz CT molecular complexity index is 1090. The lowest BCUT2D eigenvalue weighted by Crippen LogP contribution is -2.39. The van der Waals surface area contributed by atoms with Gasteiger partial charge in [-0.3, -0.25) is 9.69 Å². The number of nitrogens with one attached hydrogen (secondary N) is 1. The Balaban J connectivity index is 1.51. The number of pyridine rings is 1. The summed E-state index contributed by atoms with van der Waals surface area (Å²) in [4.78, 5) is 21.3. The van der Waals surface area contributed by atoms with Gasteiger partial charge in [0.15, 0.2) is 0 Å². The SMILES string of the molecule is O=C(Nc1ccc(F)cc1)C(c1ccccc1)N1CCCN(c2ccc(C(F)(F)F)cn2)CC1. The van der Waals surface area contributed by atoms with Crippen molar-refractivity contribution in [2.75, 3.05) is 36.4 Å². The quantitative estimate of drug-likeness (QED) is 0.523. The smallest absolute Gasteiger partial charge is 0.355 e. The van der Waals surface area contributed by atoms with Gasteiger partial charge in [0.25, 0.3) is 0 Å². The molecule has 2 heterocycles. The summed E-state index contributed by atoms with van der Waals surface area (Å²) in [6.07, 6.45) is -2.88. The monoisotopic (exact) mass is 472 g/mol. The Kier molecular flexibility index (Phi) is 7.12. The first-order chi connectivity index (χ1) is 16.3. The van der Waals surface area contributed by atoms with E-state index in [9.17, 15) is 22.4 Å². The van der Waals surface area contributed by atoms with Gasteiger partial charge in [-0.1, -0.05) is 30.3 Å². The van der Waals surface area contributed by atoms with Crippen LogP contribution in [0.2, 0.25) is 0 Å². The summed E-state index contributed by atoms with van der Waals surface area (Å²) in [7, 11) is 0. The van der Waals surface area contributed by atoms with Crippen LogP contribution in [-0.4, -0.2) is 42.0 Å². The molecule has 4 rings (SSSR count). The van der Waals surface area contributed by atoms with Crippen molar-refractivity contribution < 1.29 is 22.4 Å². The maximum atomic E-state index is 13.3. The molecule has 1 unspecified atom stereocenters. The molecule has 0 spiro atoms. The minimum Gasteiger partial charge on any atom is -0.355 e. The highest BCUT2D eigenvalue weighted by molar-refractivity contribution is 5.95. The first-order valence-corrected chi connectivity index (χ1v) is 10.9. The number of aromatic nitrogens is 1. The molecule has 1 fully saturated rings. The molecule has 1 aromatic heterocycles. The molecule has 5 nitrogen and oxygen atoms in total. The van der Waals surface area contributed by atoms with Crippen molar-refractivity contribution in [3.8, 4) is 0 Å². The molecule has 1 N–H and O–H groups in total. The van der Waals surface area contributed by atoms with Gasteiger partial charge in [0.05, 0.1) is 5.56 Å². The van der Waals surface area contributed by atoms with Gasteiger partial charge in [0, 0.05) is 38.1 Å². The highest BCUT2D eigenvalue weighted by Crippen LogP contribution is 2.30. The average molecular weight is 472 g/mol. The predicted molar refractivity (Wildman–Crippen MR) is 122 cm³/mol. The molecule has 0 bridgehead atoms. The van der Waals surface area contributed by atoms with Crippen LogP contribution >= 0.6 is 0 Å². The largest absolute Gasteiger partial charge is 0.417 e. The minimum absolute atomic E-state index is 0.237. The highest BCUT2D eigenvalue weighted by Gasteiger charge is 2.32. The molecule has 0 aliphatic carbocycles. The van der Waals surface area contributed by atoms with Gasteiger partial charge in [-0.2, -0.15) is 13.2 Å². The molecule has 178 valence electrons. The predicted octanol–water partition coefficient (Wildman–Crippen LogP) is 5.13. The van der Waals surface area contributed by atoms with E-state index in [1.807, 2.05) is 35.2 Å². The number of hydrogen-bond donors (Lipinski definition) is 1. The number of halogens is 4. The van der Waals surface area contributed by atoms with E-state index in [2.05, 4.69) is 15.2 Å². The zero-order valence-corrected chi connectivity index (χ0v) is 18.3. The van der Waals surface area contributed by atoms with Crippen LogP contribution in [0.15, 0.2) is 72.9 Å². The molecule has 1 saturated heterocycles. The van der Waals surface area contributed by atoms with Crippen molar-refractivity contribution in [2.45, 2.75) is 18.6 Å². The summed E-state index contributed by atoms with van der Waals surface area (Å²) < 4.78 is 51.8. The lowest BCUT2D eigenvalue weighted by molar-refractivity contribution is -0.137. The van der Waals surface area contributed by atoms with Crippen LogP contribution in [0.1, 0.15) is 23.6 Å². The van der Waals surface area contributed by atoms with E-state index in [1.54, 1.807) is 0 Å². The van der Waals surface area contributed by atoms with Crippen molar-refractivity contribution in [1.29, 1.82) is 0 Å². The van der Waals surface area contributed by atoms with Crippen LogP contribution in [0, 0.1) is 5.82 Å². The normalized spacial score (nSPS) is 16.1. The van der Waals surface area contributed by atoms with E-state index >= 15 is 0 Å². The number of nitrogens with zero attached hydrogens (tertiary/aromatic N) is 3. The van der Waals surface area contributed by atoms with E-state index in [1.165, 1.54) is 30.3 Å². The fraction of sp³-hybridized carbons (Fsp3) is 0.280. The summed E-state index contributed by atoms with van der Waals surface area (Å²) in [6.45, 7) is 2.24. The van der Waals surface area contributed by atoms with E-state index in [0.717, 1.165) is 17.8 Å². The second-order valence-corrected chi connectivity index (χ2v) is 8.09. The van der Waals surface area contributed by atoms with Crippen molar-refractivity contribution in [3.63, 3.8) is 0 Å². The average Bonchev–Trinajstić information content (AvgIpc) is 3.07. The number of hydrogen-bond acceptors (Lipinski definition) is 4. The van der Waals surface area contributed by atoms with Gasteiger partial charge >= 0.3 is 6.18 Å². The third-order valence-electron chi connectivity index (χ3n) is 5.77. The zero-order chi connectivity index (χ0) is 24.1. The Hall–Kier alpha value is -3.46. The van der Waals surface area contributed by atoms with Gasteiger partial charge in [0.2, 0.25) is 5.91 Å². The number of amides is 1. The van der Waals surface area contributed by atoms with Crippen molar-refractivity contribution in [1.82, 2.24) is 9.88 Å². The van der Waals surface area contributed by atoms with E-state index in [0.29, 0.717) is 44.1 Å². The molecule has 1 atom stereocenters. The second-order valence-electron chi connectivity index (χ2n) is 8.09. The van der Waals surface area contributed by atoms with Crippen LogP contribution in [-0.2, 0) is 11.0 Å². The van der Waals surface area contributed by atoms with Crippen molar-refractivity contribution in [2.24, 2.45) is 0 Å². The molecule has 3 aromatic rings. The van der Waals surface area contributed by atoms with Gasteiger partial charge in [-0.15, -0.1) is 0 Å². The van der Waals surface area contributed by atoms with Gasteiger partial charge in [0.1, 0.15) is 17.7 Å². The highest BCUT2D eigenvalue weighted by atomic mass is 19.4. The first-order valence-electron chi connectivity index (χ1n) is 10.9. The van der Waals surface area contributed by atoms with Crippen molar-refractivity contribution >= 4 is 17.4 Å². The summed E-state index contributed by atoms with van der Waals surface area (Å²) in [5.74, 6) is -0.150. The molecular formula is C25H24F4N4O. The molecule has 0 radical (unpaired) electrons. The molecule has 2 aromatic carbocycles. The molecule has 1 amide bonds. The lowest BCUT2D eigenvalue weighted by atomic mass is 10.0. The number of benzene rings is 2. The van der Waals surface area contributed by atoms with E-state index in [-0.39, 0.29) is 11.7 Å². The van der Waals surface area contributed by atoms with Gasteiger partial charge in [-0.05, 0) is 48.4 Å². The minimum atomic E-state index is -4.43. The van der Waals surface area contributed by atoms with Gasteiger partial charge < -0.3 is 10.2 Å². The lowest BCUT2D eigenvalue weighted by Gasteiger charge is -2.30. The summed E-state index contributed by atoms with van der Waals surface area (Å²) in [6, 6.07) is 16.8. The molecule has 1 aliphatic rings. The Morgan fingerprint density at radius 3 is 2.29 bits per heavy atom. The Labute approximate surface area is 195 Å². The number of carbonyl (C=O) groups excluding carboxylic acids is 1. The van der Waals surface area contributed by atoms with Gasteiger partial charge in [-0.25, -0.2) is 9.37 Å². The zero-order valence-electron chi connectivity index (χ0n) is 18.3. The molecule has 1 aliphatic heterocycles. The van der Waals surface area contributed by atoms with Crippen molar-refractivity contribution in [3.05, 3.63) is 89.9 Å². The fourth-order valence-electron chi connectivity index (χ4n) is 4.07. The Morgan fingerprint density at radius 2 is 1.65 bits per heavy atom. The molecule has 9 heteroatoms. The number of carbonyl (C=O) groups is 1. The third kappa shape index (κ3) is 5.72. The summed E-state index contributed by atoms with van der Waals surface area (Å²) in [5.41, 5.74) is 0.537. The number of anilines is 2. The van der Waals surface area contributed by atoms with Crippen LogP contribution in [0.4, 0.5) is 29.1 Å². The second kappa shape index (κ2) is 10.2. The maximum absolute atomic E-state index is 13.3. The topological polar surface area (TPSA) is 48.5 Å². The number of alkyl halides is 3.